The van der Waals surface area contributed by atoms with Gasteiger partial charge in [-0.25, -0.2) is 4.39 Å². The van der Waals surface area contributed by atoms with Gasteiger partial charge in [0.1, 0.15) is 5.82 Å². The first-order valence-electron chi connectivity index (χ1n) is 5.49. The first-order valence-corrected chi connectivity index (χ1v) is 5.49. The smallest absolute Gasteiger partial charge is 0.123 e. The predicted octanol–water partition coefficient (Wildman–Crippen LogP) is 3.50. The number of halogens is 2. The summed E-state index contributed by atoms with van der Waals surface area (Å²) < 4.78 is 13.1. The van der Waals surface area contributed by atoms with Gasteiger partial charge in [0.05, 0.1) is 0 Å². The van der Waals surface area contributed by atoms with Crippen LogP contribution in [0.1, 0.15) is 5.56 Å². The van der Waals surface area contributed by atoms with E-state index in [2.05, 4.69) is 25.1 Å². The summed E-state index contributed by atoms with van der Waals surface area (Å²) in [5.41, 5.74) is 1.28. The second-order valence-corrected chi connectivity index (χ2v) is 4.34. The van der Waals surface area contributed by atoms with Crippen molar-refractivity contribution in [1.29, 1.82) is 0 Å². The van der Waals surface area contributed by atoms with Crippen molar-refractivity contribution in [2.24, 2.45) is 0 Å². The van der Waals surface area contributed by atoms with Crippen LogP contribution in [0.2, 0.25) is 0 Å². The summed E-state index contributed by atoms with van der Waals surface area (Å²) in [6, 6.07) is 11.1. The molecule has 92 valence electrons. The summed E-state index contributed by atoms with van der Waals surface area (Å²) in [5, 5.41) is 2.14. The van der Waals surface area contributed by atoms with Crippen molar-refractivity contribution in [3.05, 3.63) is 47.8 Å². The normalized spacial score (nSPS) is 10.6. The van der Waals surface area contributed by atoms with Crippen LogP contribution < -0.4 is 0 Å². The Bertz CT molecular complexity index is 497. The molecule has 17 heavy (non-hydrogen) atoms. The Kier molecular flexibility index (Phi) is 4.91. The summed E-state index contributed by atoms with van der Waals surface area (Å²) >= 11 is 0. The molecule has 0 spiro atoms. The van der Waals surface area contributed by atoms with Crippen molar-refractivity contribution in [1.82, 2.24) is 4.90 Å². The molecule has 2 aromatic rings. The second kappa shape index (κ2) is 5.99. The van der Waals surface area contributed by atoms with Crippen LogP contribution in [0, 0.1) is 5.82 Å². The summed E-state index contributed by atoms with van der Waals surface area (Å²) in [6.07, 6.45) is 0.996. The number of nitrogens with zero attached hydrogens (tertiary/aromatic N) is 1. The molecule has 0 unspecified atom stereocenters. The van der Waals surface area contributed by atoms with Crippen LogP contribution >= 0.6 is 12.4 Å². The van der Waals surface area contributed by atoms with Crippen LogP contribution in [0.3, 0.4) is 0 Å². The molecule has 0 fully saturated rings. The maximum absolute atomic E-state index is 13.1. The zero-order chi connectivity index (χ0) is 11.5. The Morgan fingerprint density at radius 1 is 1.12 bits per heavy atom. The van der Waals surface area contributed by atoms with Gasteiger partial charge in [0.25, 0.3) is 0 Å². The lowest BCUT2D eigenvalue weighted by Gasteiger charge is -2.11. The lowest BCUT2D eigenvalue weighted by molar-refractivity contribution is 0.414. The Hall–Kier alpha value is -1.12. The van der Waals surface area contributed by atoms with E-state index in [0.717, 1.165) is 23.7 Å². The van der Waals surface area contributed by atoms with Gasteiger partial charge in [-0.05, 0) is 49.0 Å². The van der Waals surface area contributed by atoms with Crippen molar-refractivity contribution in [2.75, 3.05) is 20.6 Å². The Labute approximate surface area is 108 Å². The van der Waals surface area contributed by atoms with Gasteiger partial charge in [0.15, 0.2) is 0 Å². The van der Waals surface area contributed by atoms with Crippen molar-refractivity contribution in [3.8, 4) is 0 Å². The highest BCUT2D eigenvalue weighted by molar-refractivity contribution is 5.86. The third-order valence-electron chi connectivity index (χ3n) is 2.76. The van der Waals surface area contributed by atoms with E-state index in [1.807, 2.05) is 18.2 Å². The fourth-order valence-corrected chi connectivity index (χ4v) is 1.88. The minimum absolute atomic E-state index is 0. The van der Waals surface area contributed by atoms with Gasteiger partial charge in [-0.3, -0.25) is 0 Å². The lowest BCUT2D eigenvalue weighted by atomic mass is 10.0. The maximum atomic E-state index is 13.1. The highest BCUT2D eigenvalue weighted by Crippen LogP contribution is 2.20. The molecule has 0 heterocycles. The number of benzene rings is 2. The molecule has 0 aliphatic carbocycles. The van der Waals surface area contributed by atoms with Gasteiger partial charge in [-0.1, -0.05) is 24.3 Å². The minimum Gasteiger partial charge on any atom is -0.309 e. The largest absolute Gasteiger partial charge is 0.309 e. The zero-order valence-electron chi connectivity index (χ0n) is 10.1. The second-order valence-electron chi connectivity index (χ2n) is 4.34. The zero-order valence-corrected chi connectivity index (χ0v) is 10.9. The van der Waals surface area contributed by atoms with E-state index in [1.165, 1.54) is 11.6 Å². The Morgan fingerprint density at radius 3 is 2.59 bits per heavy atom. The van der Waals surface area contributed by atoms with Crippen molar-refractivity contribution in [2.45, 2.75) is 6.42 Å². The Balaban J connectivity index is 0.00000144. The standard InChI is InChI=1S/C14H16FN.ClH/c1-16(2)9-8-11-4-3-5-12-10-13(15)6-7-14(11)12;/h3-7,10H,8-9H2,1-2H3;1H. The number of fused-ring (bicyclic) bond motifs is 1. The molecule has 0 bridgehead atoms. The van der Waals surface area contributed by atoms with Crippen LogP contribution in [-0.4, -0.2) is 25.5 Å². The van der Waals surface area contributed by atoms with Gasteiger partial charge in [-0.2, -0.15) is 0 Å². The van der Waals surface area contributed by atoms with Gasteiger partial charge in [-0.15, -0.1) is 12.4 Å². The SMILES string of the molecule is CN(C)CCc1cccc2cc(F)ccc12.Cl. The van der Waals surface area contributed by atoms with Crippen LogP contribution in [0.15, 0.2) is 36.4 Å². The highest BCUT2D eigenvalue weighted by atomic mass is 35.5. The molecule has 0 N–H and O–H groups in total. The van der Waals surface area contributed by atoms with E-state index < -0.39 is 0 Å². The van der Waals surface area contributed by atoms with Crippen molar-refractivity contribution >= 4 is 23.2 Å². The quantitative estimate of drug-likeness (QED) is 0.809. The molecular weight excluding hydrogens is 237 g/mol. The highest BCUT2D eigenvalue weighted by Gasteiger charge is 2.02. The minimum atomic E-state index is -0.169. The first-order chi connectivity index (χ1) is 7.66. The molecular formula is C14H17ClFN. The van der Waals surface area contributed by atoms with Gasteiger partial charge >= 0.3 is 0 Å². The molecule has 0 amide bonds. The van der Waals surface area contributed by atoms with Crippen molar-refractivity contribution < 1.29 is 4.39 Å². The fraction of sp³-hybridized carbons (Fsp3) is 0.286. The van der Waals surface area contributed by atoms with Crippen molar-refractivity contribution in [3.63, 3.8) is 0 Å². The molecule has 2 aromatic carbocycles. The Morgan fingerprint density at radius 2 is 1.88 bits per heavy atom. The van der Waals surface area contributed by atoms with Crippen LogP contribution in [0.5, 0.6) is 0 Å². The summed E-state index contributed by atoms with van der Waals surface area (Å²) in [4.78, 5) is 2.16. The monoisotopic (exact) mass is 253 g/mol. The van der Waals surface area contributed by atoms with Gasteiger partial charge in [0, 0.05) is 6.54 Å². The number of rotatable bonds is 3. The topological polar surface area (TPSA) is 3.24 Å². The number of hydrogen-bond donors (Lipinski definition) is 0. The molecule has 0 saturated heterocycles. The summed E-state index contributed by atoms with van der Waals surface area (Å²) in [7, 11) is 4.12. The molecule has 3 heteroatoms. The average Bonchev–Trinajstić information content (AvgIpc) is 2.25. The summed E-state index contributed by atoms with van der Waals surface area (Å²) in [5.74, 6) is -0.169. The average molecular weight is 254 g/mol. The van der Waals surface area contributed by atoms with E-state index in [1.54, 1.807) is 6.07 Å². The molecule has 0 aromatic heterocycles. The first kappa shape index (κ1) is 13.9. The molecule has 1 nitrogen and oxygen atoms in total. The predicted molar refractivity (Wildman–Crippen MR) is 73.4 cm³/mol. The van der Waals surface area contributed by atoms with E-state index in [9.17, 15) is 4.39 Å². The third kappa shape index (κ3) is 3.42. The summed E-state index contributed by atoms with van der Waals surface area (Å²) in [6.45, 7) is 1.01. The van der Waals surface area contributed by atoms with E-state index in [4.69, 9.17) is 0 Å². The van der Waals surface area contributed by atoms with Crippen LogP contribution in [0.25, 0.3) is 10.8 Å². The van der Waals surface area contributed by atoms with E-state index >= 15 is 0 Å². The van der Waals surface area contributed by atoms with E-state index in [0.29, 0.717) is 0 Å². The molecule has 2 rings (SSSR count). The lowest BCUT2D eigenvalue weighted by Crippen LogP contribution is -2.15. The van der Waals surface area contributed by atoms with E-state index in [-0.39, 0.29) is 18.2 Å². The fourth-order valence-electron chi connectivity index (χ4n) is 1.88. The molecule has 0 radical (unpaired) electrons. The molecule has 0 aliphatic heterocycles. The molecule has 0 aliphatic rings. The molecule has 0 saturated carbocycles. The van der Waals surface area contributed by atoms with Crippen LogP contribution in [-0.2, 0) is 6.42 Å². The third-order valence-corrected chi connectivity index (χ3v) is 2.76. The number of likely N-dealkylation sites (N-methyl/N-ethyl adjacent to an activating group) is 1. The van der Waals surface area contributed by atoms with Gasteiger partial charge < -0.3 is 4.90 Å². The maximum Gasteiger partial charge on any atom is 0.123 e. The molecule has 0 atom stereocenters. The number of hydrogen-bond acceptors (Lipinski definition) is 1. The van der Waals surface area contributed by atoms with Crippen LogP contribution in [0.4, 0.5) is 4.39 Å². The van der Waals surface area contributed by atoms with Gasteiger partial charge in [0.2, 0.25) is 0 Å².